The van der Waals surface area contributed by atoms with Crippen LogP contribution in [0.25, 0.3) is 0 Å². The van der Waals surface area contributed by atoms with Crippen molar-refractivity contribution in [3.8, 4) is 0 Å². The van der Waals surface area contributed by atoms with Crippen LogP contribution >= 0.6 is 0 Å². The van der Waals surface area contributed by atoms with Crippen molar-refractivity contribution < 1.29 is 4.79 Å². The Bertz CT molecular complexity index is 471. The maximum atomic E-state index is 12.3. The molecule has 1 aliphatic carbocycles. The van der Waals surface area contributed by atoms with Gasteiger partial charge in [0, 0.05) is 12.2 Å². The molecule has 1 saturated heterocycles. The molecule has 2 N–H and O–H groups in total. The van der Waals surface area contributed by atoms with Crippen LogP contribution in [0.15, 0.2) is 18.3 Å². The molecule has 3 atom stereocenters. The topological polar surface area (TPSA) is 54.0 Å². The van der Waals surface area contributed by atoms with Gasteiger partial charge in [-0.1, -0.05) is 18.9 Å². The van der Waals surface area contributed by atoms with Crippen LogP contribution in [0, 0.1) is 12.8 Å². The number of carbonyl (C=O) groups is 1. The number of hydrogen-bond donors (Lipinski definition) is 2. The molecule has 0 bridgehead atoms. The van der Waals surface area contributed by atoms with Gasteiger partial charge in [0.25, 0.3) is 0 Å². The number of nitrogens with zero attached hydrogens (tertiary/aromatic N) is 1. The molecule has 2 heterocycles. The van der Waals surface area contributed by atoms with Gasteiger partial charge in [-0.2, -0.15) is 0 Å². The van der Waals surface area contributed by atoms with E-state index in [1.807, 2.05) is 19.1 Å². The summed E-state index contributed by atoms with van der Waals surface area (Å²) in [5.74, 6) is 1.49. The quantitative estimate of drug-likeness (QED) is 0.871. The van der Waals surface area contributed by atoms with E-state index in [-0.39, 0.29) is 11.9 Å². The van der Waals surface area contributed by atoms with Gasteiger partial charge >= 0.3 is 0 Å². The summed E-state index contributed by atoms with van der Waals surface area (Å²) in [4.78, 5) is 16.5. The summed E-state index contributed by atoms with van der Waals surface area (Å²) >= 11 is 0. The Morgan fingerprint density at radius 1 is 1.25 bits per heavy atom. The van der Waals surface area contributed by atoms with E-state index in [9.17, 15) is 4.79 Å². The third kappa shape index (κ3) is 3.01. The molecule has 4 nitrogen and oxygen atoms in total. The fraction of sp³-hybridized carbons (Fsp3) is 0.625. The number of carbonyl (C=O) groups excluding carboxylic acids is 1. The van der Waals surface area contributed by atoms with Crippen molar-refractivity contribution in [3.05, 3.63) is 23.9 Å². The molecule has 1 amide bonds. The van der Waals surface area contributed by atoms with Crippen molar-refractivity contribution in [2.75, 3.05) is 5.32 Å². The van der Waals surface area contributed by atoms with Gasteiger partial charge in [0.2, 0.25) is 5.91 Å². The highest BCUT2D eigenvalue weighted by Gasteiger charge is 2.34. The standard InChI is InChI=1S/C16H23N3O/c1-11-6-9-15(17-10-11)19-16(20)14-8-7-12-4-2-3-5-13(12)18-14/h6,9-10,12-14,18H,2-5,7-8H2,1H3,(H,17,19,20). The number of nitrogens with one attached hydrogen (secondary N) is 2. The first kappa shape index (κ1) is 13.6. The second kappa shape index (κ2) is 5.92. The zero-order chi connectivity index (χ0) is 13.9. The van der Waals surface area contributed by atoms with Crippen LogP contribution in [0.1, 0.15) is 44.1 Å². The zero-order valence-electron chi connectivity index (χ0n) is 12.1. The third-order valence-corrected chi connectivity index (χ3v) is 4.63. The number of hydrogen-bond acceptors (Lipinski definition) is 3. The zero-order valence-corrected chi connectivity index (χ0v) is 12.1. The number of piperidine rings is 1. The van der Waals surface area contributed by atoms with Crippen molar-refractivity contribution in [2.24, 2.45) is 5.92 Å². The van der Waals surface area contributed by atoms with Gasteiger partial charge in [0.1, 0.15) is 5.82 Å². The molecular weight excluding hydrogens is 250 g/mol. The lowest BCUT2D eigenvalue weighted by Crippen LogP contribution is -2.53. The first-order chi connectivity index (χ1) is 9.72. The predicted octanol–water partition coefficient (Wildman–Crippen LogP) is 2.64. The summed E-state index contributed by atoms with van der Waals surface area (Å²) in [7, 11) is 0. The molecule has 0 spiro atoms. The van der Waals surface area contributed by atoms with Crippen LogP contribution in [0.2, 0.25) is 0 Å². The Hall–Kier alpha value is -1.42. The van der Waals surface area contributed by atoms with E-state index in [0.717, 1.165) is 17.9 Å². The van der Waals surface area contributed by atoms with E-state index >= 15 is 0 Å². The molecular formula is C16H23N3O. The molecule has 1 aromatic rings. The van der Waals surface area contributed by atoms with Gasteiger partial charge in [0.15, 0.2) is 0 Å². The second-order valence-corrected chi connectivity index (χ2v) is 6.16. The van der Waals surface area contributed by atoms with Gasteiger partial charge in [-0.3, -0.25) is 4.79 Å². The maximum absolute atomic E-state index is 12.3. The monoisotopic (exact) mass is 273 g/mol. The third-order valence-electron chi connectivity index (χ3n) is 4.63. The van der Waals surface area contributed by atoms with Crippen molar-refractivity contribution >= 4 is 11.7 Å². The normalized spacial score (nSPS) is 29.6. The van der Waals surface area contributed by atoms with Gasteiger partial charge in [-0.15, -0.1) is 0 Å². The number of amides is 1. The van der Waals surface area contributed by atoms with Crippen LogP contribution in [-0.4, -0.2) is 23.0 Å². The highest BCUT2D eigenvalue weighted by atomic mass is 16.2. The lowest BCUT2D eigenvalue weighted by atomic mass is 9.77. The summed E-state index contributed by atoms with van der Waals surface area (Å²) in [6.07, 6.45) is 9.09. The molecule has 2 aliphatic rings. The SMILES string of the molecule is Cc1ccc(NC(=O)C2CCC3CCCCC3N2)nc1. The van der Waals surface area contributed by atoms with Gasteiger partial charge in [-0.25, -0.2) is 4.98 Å². The Morgan fingerprint density at radius 3 is 2.90 bits per heavy atom. The van der Waals surface area contributed by atoms with Crippen LogP contribution in [0.3, 0.4) is 0 Å². The highest BCUT2D eigenvalue weighted by molar-refractivity contribution is 5.94. The summed E-state index contributed by atoms with van der Waals surface area (Å²) in [5, 5.41) is 6.47. The number of aryl methyl sites for hydroxylation is 1. The van der Waals surface area contributed by atoms with Gasteiger partial charge < -0.3 is 10.6 Å². The molecule has 3 unspecified atom stereocenters. The summed E-state index contributed by atoms with van der Waals surface area (Å²) in [6, 6.07) is 4.31. The Morgan fingerprint density at radius 2 is 2.10 bits per heavy atom. The molecule has 1 saturated carbocycles. The van der Waals surface area contributed by atoms with E-state index < -0.39 is 0 Å². The summed E-state index contributed by atoms with van der Waals surface area (Å²) < 4.78 is 0. The van der Waals surface area contributed by atoms with Crippen molar-refractivity contribution in [2.45, 2.75) is 57.5 Å². The molecule has 20 heavy (non-hydrogen) atoms. The van der Waals surface area contributed by atoms with E-state index in [1.165, 1.54) is 32.1 Å². The minimum atomic E-state index is -0.0579. The smallest absolute Gasteiger partial charge is 0.242 e. The van der Waals surface area contributed by atoms with Crippen LogP contribution in [0.5, 0.6) is 0 Å². The molecule has 3 rings (SSSR count). The van der Waals surface area contributed by atoms with Crippen molar-refractivity contribution in [1.29, 1.82) is 0 Å². The molecule has 4 heteroatoms. The molecule has 1 aromatic heterocycles. The van der Waals surface area contributed by atoms with Crippen molar-refractivity contribution in [3.63, 3.8) is 0 Å². The number of pyridine rings is 1. The van der Waals surface area contributed by atoms with E-state index in [0.29, 0.717) is 11.9 Å². The first-order valence-electron chi connectivity index (χ1n) is 7.72. The van der Waals surface area contributed by atoms with Crippen LogP contribution in [0.4, 0.5) is 5.82 Å². The average molecular weight is 273 g/mol. The Balaban J connectivity index is 1.58. The largest absolute Gasteiger partial charge is 0.309 e. The minimum Gasteiger partial charge on any atom is -0.309 e. The van der Waals surface area contributed by atoms with Crippen LogP contribution in [-0.2, 0) is 4.79 Å². The number of rotatable bonds is 2. The lowest BCUT2D eigenvalue weighted by molar-refractivity contribution is -0.119. The fourth-order valence-electron chi connectivity index (χ4n) is 3.46. The molecule has 1 aliphatic heterocycles. The van der Waals surface area contributed by atoms with Gasteiger partial charge in [-0.05, 0) is 50.2 Å². The number of fused-ring (bicyclic) bond motifs is 1. The predicted molar refractivity (Wildman–Crippen MR) is 79.5 cm³/mol. The second-order valence-electron chi connectivity index (χ2n) is 6.16. The minimum absolute atomic E-state index is 0.0579. The molecule has 0 radical (unpaired) electrons. The average Bonchev–Trinajstić information content (AvgIpc) is 2.49. The number of anilines is 1. The molecule has 2 fully saturated rings. The van der Waals surface area contributed by atoms with Gasteiger partial charge in [0.05, 0.1) is 6.04 Å². The summed E-state index contributed by atoms with van der Waals surface area (Å²) in [6.45, 7) is 1.99. The maximum Gasteiger partial charge on any atom is 0.242 e. The van der Waals surface area contributed by atoms with Crippen LogP contribution < -0.4 is 10.6 Å². The molecule has 108 valence electrons. The Kier molecular flexibility index (Phi) is 4.01. The van der Waals surface area contributed by atoms with Crippen molar-refractivity contribution in [1.82, 2.24) is 10.3 Å². The summed E-state index contributed by atoms with van der Waals surface area (Å²) in [5.41, 5.74) is 1.10. The van der Waals surface area contributed by atoms with E-state index in [4.69, 9.17) is 0 Å². The highest BCUT2D eigenvalue weighted by Crippen LogP contribution is 2.32. The lowest BCUT2D eigenvalue weighted by Gasteiger charge is -2.39. The first-order valence-corrected chi connectivity index (χ1v) is 7.72. The molecule has 0 aromatic carbocycles. The Labute approximate surface area is 120 Å². The van der Waals surface area contributed by atoms with E-state index in [1.54, 1.807) is 6.20 Å². The van der Waals surface area contributed by atoms with E-state index in [2.05, 4.69) is 15.6 Å². The number of aromatic nitrogens is 1. The fourth-order valence-corrected chi connectivity index (χ4v) is 3.46.